The summed E-state index contributed by atoms with van der Waals surface area (Å²) in [7, 11) is 0. The largest absolute Gasteiger partial charge is 0.485 e. The maximum atomic E-state index is 13.8. The van der Waals surface area contributed by atoms with E-state index in [2.05, 4.69) is 17.2 Å². The first-order valence-electron chi connectivity index (χ1n) is 6.29. The van der Waals surface area contributed by atoms with Crippen LogP contribution in [0.5, 0.6) is 5.75 Å². The van der Waals surface area contributed by atoms with Gasteiger partial charge in [-0.25, -0.2) is 4.39 Å². The van der Waals surface area contributed by atoms with Crippen LogP contribution in [0.4, 0.5) is 4.39 Å². The lowest BCUT2D eigenvalue weighted by molar-refractivity contribution is 0.293. The third-order valence-corrected chi connectivity index (χ3v) is 3.36. The Bertz CT molecular complexity index is 502. The predicted octanol–water partition coefficient (Wildman–Crippen LogP) is 3.36. The van der Waals surface area contributed by atoms with Gasteiger partial charge in [-0.2, -0.15) is 0 Å². The molecule has 0 bridgehead atoms. The van der Waals surface area contributed by atoms with Crippen LogP contribution in [0.1, 0.15) is 23.8 Å². The van der Waals surface area contributed by atoms with Crippen molar-refractivity contribution in [1.29, 1.82) is 0 Å². The fourth-order valence-electron chi connectivity index (χ4n) is 1.64. The predicted molar refractivity (Wildman–Crippen MR) is 74.8 cm³/mol. The van der Waals surface area contributed by atoms with E-state index in [0.717, 1.165) is 23.4 Å². The summed E-state index contributed by atoms with van der Waals surface area (Å²) in [5, 5.41) is 3.24. The fraction of sp³-hybridized carbons (Fsp3) is 0.357. The molecule has 0 radical (unpaired) electrons. The summed E-state index contributed by atoms with van der Waals surface area (Å²) in [5.74, 6) is -0.0343. The topological polar surface area (TPSA) is 34.1 Å². The Kier molecular flexibility index (Phi) is 5.30. The van der Waals surface area contributed by atoms with Crippen LogP contribution in [-0.4, -0.2) is 11.5 Å². The van der Waals surface area contributed by atoms with Crippen molar-refractivity contribution in [3.63, 3.8) is 0 Å². The number of rotatable bonds is 7. The molecular formula is C14H17FN2OS. The van der Waals surface area contributed by atoms with Crippen LogP contribution in [0.15, 0.2) is 29.9 Å². The van der Waals surface area contributed by atoms with E-state index in [0.29, 0.717) is 13.2 Å². The first kappa shape index (κ1) is 14.0. The molecule has 5 heteroatoms. The Hall–Kier alpha value is -1.46. The maximum Gasteiger partial charge on any atom is 0.165 e. The minimum absolute atomic E-state index is 0.285. The second-order valence-corrected chi connectivity index (χ2v) is 5.17. The number of hydrogen-bond acceptors (Lipinski definition) is 4. The minimum Gasteiger partial charge on any atom is -0.485 e. The van der Waals surface area contributed by atoms with E-state index >= 15 is 0 Å². The second kappa shape index (κ2) is 7.21. The van der Waals surface area contributed by atoms with Gasteiger partial charge in [0.05, 0.1) is 10.4 Å². The first-order chi connectivity index (χ1) is 9.29. The summed E-state index contributed by atoms with van der Waals surface area (Å²) in [6, 6.07) is 5.08. The highest BCUT2D eigenvalue weighted by Crippen LogP contribution is 2.20. The molecule has 0 unspecified atom stereocenters. The summed E-state index contributed by atoms with van der Waals surface area (Å²) < 4.78 is 19.3. The average Bonchev–Trinajstić information content (AvgIpc) is 2.91. The molecular weight excluding hydrogens is 263 g/mol. The number of hydrogen-bond donors (Lipinski definition) is 1. The first-order valence-corrected chi connectivity index (χ1v) is 7.17. The van der Waals surface area contributed by atoms with E-state index in [1.165, 1.54) is 17.4 Å². The van der Waals surface area contributed by atoms with E-state index in [9.17, 15) is 4.39 Å². The molecule has 0 aliphatic carbocycles. The Balaban J connectivity index is 1.91. The van der Waals surface area contributed by atoms with Gasteiger partial charge in [0.15, 0.2) is 11.6 Å². The lowest BCUT2D eigenvalue weighted by Gasteiger charge is -2.08. The second-order valence-electron chi connectivity index (χ2n) is 4.20. The standard InChI is InChI=1S/C14H17FN2OS/c1-2-5-16-7-11-3-4-14(13(15)6-11)18-9-12-8-17-10-19-12/h3-4,6,8,10,16H,2,5,7,9H2,1H3. The van der Waals surface area contributed by atoms with Gasteiger partial charge in [-0.05, 0) is 30.7 Å². The molecule has 0 atom stereocenters. The van der Waals surface area contributed by atoms with Crippen LogP contribution < -0.4 is 10.1 Å². The van der Waals surface area contributed by atoms with E-state index in [1.807, 2.05) is 6.07 Å². The molecule has 0 aliphatic rings. The molecule has 0 saturated carbocycles. The van der Waals surface area contributed by atoms with E-state index in [1.54, 1.807) is 17.8 Å². The molecule has 1 N–H and O–H groups in total. The van der Waals surface area contributed by atoms with Gasteiger partial charge in [0.2, 0.25) is 0 Å². The van der Waals surface area contributed by atoms with E-state index in [-0.39, 0.29) is 11.6 Å². The van der Waals surface area contributed by atoms with Crippen molar-refractivity contribution < 1.29 is 9.13 Å². The Morgan fingerprint density at radius 3 is 3.00 bits per heavy atom. The van der Waals surface area contributed by atoms with Crippen LogP contribution in [-0.2, 0) is 13.2 Å². The molecule has 1 aromatic carbocycles. The molecule has 0 spiro atoms. The van der Waals surface area contributed by atoms with Gasteiger partial charge in [0, 0.05) is 12.7 Å². The molecule has 2 rings (SSSR count). The van der Waals surface area contributed by atoms with Gasteiger partial charge in [-0.1, -0.05) is 13.0 Å². The lowest BCUT2D eigenvalue weighted by Crippen LogP contribution is -2.13. The van der Waals surface area contributed by atoms with Crippen LogP contribution in [0.25, 0.3) is 0 Å². The highest BCUT2D eigenvalue weighted by molar-refractivity contribution is 7.09. The number of halogens is 1. The quantitative estimate of drug-likeness (QED) is 0.790. The average molecular weight is 280 g/mol. The van der Waals surface area contributed by atoms with Crippen LogP contribution in [0.3, 0.4) is 0 Å². The SMILES string of the molecule is CCCNCc1ccc(OCc2cncs2)c(F)c1. The number of benzene rings is 1. The normalized spacial score (nSPS) is 10.6. The van der Waals surface area contributed by atoms with Crippen molar-refractivity contribution in [3.8, 4) is 5.75 Å². The van der Waals surface area contributed by atoms with Crippen LogP contribution in [0, 0.1) is 5.82 Å². The van der Waals surface area contributed by atoms with Crippen LogP contribution in [0.2, 0.25) is 0 Å². The molecule has 0 fully saturated rings. The number of nitrogens with zero attached hydrogens (tertiary/aromatic N) is 1. The smallest absolute Gasteiger partial charge is 0.165 e. The molecule has 19 heavy (non-hydrogen) atoms. The van der Waals surface area contributed by atoms with Gasteiger partial charge < -0.3 is 10.1 Å². The highest BCUT2D eigenvalue weighted by Gasteiger charge is 2.05. The zero-order chi connectivity index (χ0) is 13.5. The zero-order valence-corrected chi connectivity index (χ0v) is 11.7. The van der Waals surface area contributed by atoms with E-state index < -0.39 is 0 Å². The molecule has 0 aliphatic heterocycles. The zero-order valence-electron chi connectivity index (χ0n) is 10.9. The summed E-state index contributed by atoms with van der Waals surface area (Å²) in [6.45, 7) is 4.07. The fourth-order valence-corrected chi connectivity index (χ4v) is 2.15. The van der Waals surface area contributed by atoms with Crippen molar-refractivity contribution >= 4 is 11.3 Å². The van der Waals surface area contributed by atoms with Crippen molar-refractivity contribution in [2.75, 3.05) is 6.54 Å². The highest BCUT2D eigenvalue weighted by atomic mass is 32.1. The van der Waals surface area contributed by atoms with Crippen molar-refractivity contribution in [2.24, 2.45) is 0 Å². The number of nitrogens with one attached hydrogen (secondary N) is 1. The van der Waals surface area contributed by atoms with Crippen molar-refractivity contribution in [2.45, 2.75) is 26.5 Å². The third-order valence-electron chi connectivity index (χ3n) is 2.61. The Labute approximate surface area is 116 Å². The number of thiazole rings is 1. The van der Waals surface area contributed by atoms with Gasteiger partial charge in [0.1, 0.15) is 6.61 Å². The summed E-state index contributed by atoms with van der Waals surface area (Å²) >= 11 is 1.50. The minimum atomic E-state index is -0.319. The van der Waals surface area contributed by atoms with E-state index in [4.69, 9.17) is 4.74 Å². The lowest BCUT2D eigenvalue weighted by atomic mass is 10.2. The van der Waals surface area contributed by atoms with Gasteiger partial charge in [0.25, 0.3) is 0 Å². The number of aromatic nitrogens is 1. The van der Waals surface area contributed by atoms with Crippen LogP contribution >= 0.6 is 11.3 Å². The van der Waals surface area contributed by atoms with Gasteiger partial charge in [-0.3, -0.25) is 4.98 Å². The summed E-state index contributed by atoms with van der Waals surface area (Å²) in [5.41, 5.74) is 2.66. The summed E-state index contributed by atoms with van der Waals surface area (Å²) in [6.07, 6.45) is 2.80. The monoisotopic (exact) mass is 280 g/mol. The molecule has 2 aromatic rings. The van der Waals surface area contributed by atoms with Gasteiger partial charge in [-0.15, -0.1) is 11.3 Å². The Morgan fingerprint density at radius 1 is 1.42 bits per heavy atom. The van der Waals surface area contributed by atoms with Crippen molar-refractivity contribution in [3.05, 3.63) is 46.2 Å². The third kappa shape index (κ3) is 4.29. The van der Waals surface area contributed by atoms with Crippen molar-refractivity contribution in [1.82, 2.24) is 10.3 Å². The molecule has 3 nitrogen and oxygen atoms in total. The Morgan fingerprint density at radius 2 is 2.32 bits per heavy atom. The summed E-state index contributed by atoms with van der Waals surface area (Å²) in [4.78, 5) is 4.93. The molecule has 102 valence electrons. The molecule has 1 heterocycles. The van der Waals surface area contributed by atoms with Gasteiger partial charge >= 0.3 is 0 Å². The maximum absolute atomic E-state index is 13.8. The molecule has 0 amide bonds. The number of ether oxygens (including phenoxy) is 1. The molecule has 0 saturated heterocycles. The molecule has 1 aromatic heterocycles.